The normalized spacial score (nSPS) is 13.6. The van der Waals surface area contributed by atoms with Crippen molar-refractivity contribution in [2.24, 2.45) is 14.1 Å². The number of ether oxygens (including phenoxy) is 1. The van der Waals surface area contributed by atoms with Gasteiger partial charge in [0, 0.05) is 43.5 Å². The molecular formula is C30H30Cl2N6O4. The van der Waals surface area contributed by atoms with Crippen molar-refractivity contribution >= 4 is 34.8 Å². The van der Waals surface area contributed by atoms with Crippen LogP contribution in [0.1, 0.15) is 35.3 Å². The number of carbonyl (C=O) groups excluding carboxylic acids is 1. The Kier molecular flexibility index (Phi) is 8.77. The Bertz CT molecular complexity index is 1780. The lowest BCUT2D eigenvalue weighted by molar-refractivity contribution is 0.102. The van der Waals surface area contributed by atoms with Gasteiger partial charge in [-0.15, -0.1) is 0 Å². The fourth-order valence-corrected chi connectivity index (χ4v) is 5.66. The van der Waals surface area contributed by atoms with E-state index in [2.05, 4.69) is 15.2 Å². The summed E-state index contributed by atoms with van der Waals surface area (Å²) in [5, 5.41) is 3.31. The quantitative estimate of drug-likeness (QED) is 0.322. The first kappa shape index (κ1) is 29.5. The van der Waals surface area contributed by atoms with Gasteiger partial charge in [-0.25, -0.2) is 9.78 Å². The Morgan fingerprint density at radius 2 is 1.64 bits per heavy atom. The van der Waals surface area contributed by atoms with Crippen molar-refractivity contribution in [2.45, 2.75) is 25.8 Å². The minimum Gasteiger partial charge on any atom is -0.480 e. The number of carbonyl (C=O) groups is 1. The number of piperidine rings is 1. The third-order valence-corrected chi connectivity index (χ3v) is 8.14. The SMILES string of the molecule is COc1nc(-c2cccc(-c3cccc(NC(=O)c4cn(C)c(=O)n(C)c4=O)c3Cl)c2Cl)cnc1CN1CCCCC1. The minimum absolute atomic E-state index is 0.197. The van der Waals surface area contributed by atoms with Crippen molar-refractivity contribution in [1.82, 2.24) is 24.0 Å². The lowest BCUT2D eigenvalue weighted by Gasteiger charge is -2.26. The van der Waals surface area contributed by atoms with Crippen LogP contribution in [0, 0.1) is 0 Å². The van der Waals surface area contributed by atoms with Gasteiger partial charge in [0.2, 0.25) is 5.88 Å². The van der Waals surface area contributed by atoms with Gasteiger partial charge in [0.1, 0.15) is 11.3 Å². The van der Waals surface area contributed by atoms with Crippen LogP contribution in [0.2, 0.25) is 10.0 Å². The highest BCUT2D eigenvalue weighted by atomic mass is 35.5. The number of amides is 1. The summed E-state index contributed by atoms with van der Waals surface area (Å²) < 4.78 is 7.63. The molecule has 5 rings (SSSR count). The molecule has 1 N–H and O–H groups in total. The van der Waals surface area contributed by atoms with Gasteiger partial charge in [0.05, 0.1) is 34.7 Å². The number of aryl methyl sites for hydroxylation is 1. The van der Waals surface area contributed by atoms with Gasteiger partial charge >= 0.3 is 5.69 Å². The zero-order valence-corrected chi connectivity index (χ0v) is 25.0. The molecule has 0 saturated carbocycles. The fraction of sp³-hybridized carbons (Fsp3) is 0.300. The highest BCUT2D eigenvalue weighted by molar-refractivity contribution is 6.39. The number of benzene rings is 2. The average Bonchev–Trinajstić information content (AvgIpc) is 3.00. The van der Waals surface area contributed by atoms with Crippen LogP contribution >= 0.6 is 23.2 Å². The van der Waals surface area contributed by atoms with E-state index in [1.807, 2.05) is 18.2 Å². The summed E-state index contributed by atoms with van der Waals surface area (Å²) in [7, 11) is 4.35. The number of halogens is 2. The zero-order chi connectivity index (χ0) is 30.0. The molecule has 4 aromatic rings. The van der Waals surface area contributed by atoms with E-state index in [4.69, 9.17) is 32.9 Å². The van der Waals surface area contributed by atoms with E-state index in [9.17, 15) is 14.4 Å². The molecule has 0 bridgehead atoms. The van der Waals surface area contributed by atoms with Crippen molar-refractivity contribution in [1.29, 1.82) is 0 Å². The van der Waals surface area contributed by atoms with E-state index in [1.54, 1.807) is 31.5 Å². The van der Waals surface area contributed by atoms with Crippen LogP contribution in [-0.4, -0.2) is 50.1 Å². The second kappa shape index (κ2) is 12.5. The van der Waals surface area contributed by atoms with E-state index >= 15 is 0 Å². The van der Waals surface area contributed by atoms with Gasteiger partial charge in [-0.1, -0.05) is 60.0 Å². The lowest BCUT2D eigenvalue weighted by Crippen LogP contribution is -2.40. The van der Waals surface area contributed by atoms with Gasteiger partial charge in [-0.2, -0.15) is 0 Å². The number of anilines is 1. The van der Waals surface area contributed by atoms with E-state index in [-0.39, 0.29) is 16.3 Å². The molecule has 12 heteroatoms. The summed E-state index contributed by atoms with van der Waals surface area (Å²) in [5.74, 6) is -0.246. The maximum absolute atomic E-state index is 13.0. The molecule has 2 aromatic carbocycles. The molecule has 3 heterocycles. The van der Waals surface area contributed by atoms with Crippen molar-refractivity contribution in [2.75, 3.05) is 25.5 Å². The predicted octanol–water partition coefficient (Wildman–Crippen LogP) is 4.76. The Hall–Kier alpha value is -3.99. The Balaban J connectivity index is 1.46. The van der Waals surface area contributed by atoms with Crippen molar-refractivity contribution in [3.8, 4) is 28.3 Å². The molecule has 10 nitrogen and oxygen atoms in total. The maximum Gasteiger partial charge on any atom is 0.330 e. The maximum atomic E-state index is 13.0. The minimum atomic E-state index is -0.711. The Morgan fingerprint density at radius 1 is 0.976 bits per heavy atom. The van der Waals surface area contributed by atoms with Gasteiger partial charge in [0.15, 0.2) is 0 Å². The van der Waals surface area contributed by atoms with Crippen molar-refractivity contribution < 1.29 is 9.53 Å². The number of hydrogen-bond acceptors (Lipinski definition) is 7. The topological polar surface area (TPSA) is 111 Å². The number of nitrogens with zero attached hydrogens (tertiary/aromatic N) is 5. The third kappa shape index (κ3) is 5.83. The largest absolute Gasteiger partial charge is 0.480 e. The zero-order valence-electron chi connectivity index (χ0n) is 23.5. The molecule has 1 aliphatic heterocycles. The number of rotatable bonds is 7. The lowest BCUT2D eigenvalue weighted by atomic mass is 10.0. The smallest absolute Gasteiger partial charge is 0.330 e. The number of hydrogen-bond donors (Lipinski definition) is 1. The summed E-state index contributed by atoms with van der Waals surface area (Å²) in [6.07, 6.45) is 6.50. The standard InChI is InChI=1S/C30H30Cl2N6O4/c1-36-16-21(29(40)37(2)30(36)41)27(39)34-22-12-8-10-19(26(22)32)18-9-7-11-20(25(18)31)23-15-33-24(28(35-23)42-3)17-38-13-5-4-6-14-38/h7-12,15-16H,4-6,13-14,17H2,1-3H3,(H,34,39). The summed E-state index contributed by atoms with van der Waals surface area (Å²) in [5.41, 5.74) is 1.98. The highest BCUT2D eigenvalue weighted by Crippen LogP contribution is 2.41. The molecule has 1 fully saturated rings. The molecule has 42 heavy (non-hydrogen) atoms. The van der Waals surface area contributed by atoms with Crippen LogP contribution in [0.25, 0.3) is 22.4 Å². The molecule has 0 unspecified atom stereocenters. The first-order chi connectivity index (χ1) is 20.2. The molecule has 2 aromatic heterocycles. The van der Waals surface area contributed by atoms with Crippen LogP contribution < -0.4 is 21.3 Å². The Morgan fingerprint density at radius 3 is 2.36 bits per heavy atom. The second-order valence-electron chi connectivity index (χ2n) is 10.1. The van der Waals surface area contributed by atoms with Crippen LogP contribution in [0.15, 0.2) is 58.4 Å². The Labute approximate surface area is 252 Å². The summed E-state index contributed by atoms with van der Waals surface area (Å²) >= 11 is 13.7. The molecule has 1 aliphatic rings. The highest BCUT2D eigenvalue weighted by Gasteiger charge is 2.21. The summed E-state index contributed by atoms with van der Waals surface area (Å²) in [4.78, 5) is 49.3. The van der Waals surface area contributed by atoms with E-state index < -0.39 is 17.2 Å². The molecule has 0 atom stereocenters. The predicted molar refractivity (Wildman–Crippen MR) is 163 cm³/mol. The number of likely N-dealkylation sites (tertiary alicyclic amines) is 1. The van der Waals surface area contributed by atoms with E-state index in [0.29, 0.717) is 39.8 Å². The summed E-state index contributed by atoms with van der Waals surface area (Å²) in [6.45, 7) is 2.73. The van der Waals surface area contributed by atoms with Crippen LogP contribution in [0.3, 0.4) is 0 Å². The third-order valence-electron chi connectivity index (χ3n) is 7.33. The fourth-order valence-electron chi connectivity index (χ4n) is 5.06. The van der Waals surface area contributed by atoms with Gasteiger partial charge in [-0.3, -0.25) is 24.0 Å². The van der Waals surface area contributed by atoms with Gasteiger partial charge < -0.3 is 14.6 Å². The van der Waals surface area contributed by atoms with Crippen LogP contribution in [0.4, 0.5) is 5.69 Å². The molecule has 0 aliphatic carbocycles. The van der Waals surface area contributed by atoms with E-state index in [0.717, 1.165) is 27.9 Å². The first-order valence-corrected chi connectivity index (χ1v) is 14.2. The second-order valence-corrected chi connectivity index (χ2v) is 10.9. The van der Waals surface area contributed by atoms with Gasteiger partial charge in [0.25, 0.3) is 11.5 Å². The van der Waals surface area contributed by atoms with Crippen molar-refractivity contribution in [3.05, 3.63) is 90.9 Å². The molecule has 218 valence electrons. The van der Waals surface area contributed by atoms with Crippen molar-refractivity contribution in [3.63, 3.8) is 0 Å². The molecule has 1 amide bonds. The summed E-state index contributed by atoms with van der Waals surface area (Å²) in [6, 6.07) is 10.6. The van der Waals surface area contributed by atoms with Crippen LogP contribution in [0.5, 0.6) is 5.88 Å². The number of nitrogens with one attached hydrogen (secondary N) is 1. The molecule has 0 spiro atoms. The molecule has 1 saturated heterocycles. The number of aromatic nitrogens is 4. The molecule has 0 radical (unpaired) electrons. The monoisotopic (exact) mass is 608 g/mol. The van der Waals surface area contributed by atoms with Gasteiger partial charge in [-0.05, 0) is 32.0 Å². The average molecular weight is 610 g/mol. The number of methoxy groups -OCH3 is 1. The van der Waals surface area contributed by atoms with E-state index in [1.165, 1.54) is 39.6 Å². The van der Waals surface area contributed by atoms with Crippen LogP contribution in [-0.2, 0) is 20.6 Å². The first-order valence-electron chi connectivity index (χ1n) is 13.5. The molecular weight excluding hydrogens is 579 g/mol.